The topological polar surface area (TPSA) is 6.48 Å². The first-order valence-electron chi connectivity index (χ1n) is 10.9. The van der Waals surface area contributed by atoms with Crippen LogP contribution in [0.2, 0.25) is 0 Å². The zero-order valence-electron chi connectivity index (χ0n) is 17.5. The average molecular weight is 363 g/mol. The molecule has 0 aliphatic carbocycles. The molecule has 2 aliphatic rings. The van der Waals surface area contributed by atoms with E-state index < -0.39 is 0 Å². The zero-order valence-corrected chi connectivity index (χ0v) is 17.5. The molecule has 2 aromatic carbocycles. The maximum absolute atomic E-state index is 2.68. The Kier molecular flexibility index (Phi) is 4.92. The number of benzene rings is 2. The van der Waals surface area contributed by atoms with Crippen molar-refractivity contribution in [1.29, 1.82) is 0 Å². The van der Waals surface area contributed by atoms with Gasteiger partial charge in [-0.3, -0.25) is 0 Å². The Morgan fingerprint density at radius 1 is 0.963 bits per heavy atom. The summed E-state index contributed by atoms with van der Waals surface area (Å²) in [5.41, 5.74) is 7.64. The number of rotatable bonds is 5. The van der Waals surface area contributed by atoms with Crippen molar-refractivity contribution in [1.82, 2.24) is 0 Å². The van der Waals surface area contributed by atoms with Crippen molar-refractivity contribution in [3.63, 3.8) is 0 Å². The van der Waals surface area contributed by atoms with Gasteiger partial charge in [-0.15, -0.1) is 0 Å². The predicted molar refractivity (Wildman–Crippen MR) is 117 cm³/mol. The fourth-order valence-corrected chi connectivity index (χ4v) is 5.56. The van der Waals surface area contributed by atoms with Crippen molar-refractivity contribution >= 4 is 17.1 Å². The summed E-state index contributed by atoms with van der Waals surface area (Å²) in [6.07, 6.45) is 8.99. The lowest BCUT2D eigenvalue weighted by molar-refractivity contribution is 0.192. The van der Waals surface area contributed by atoms with Crippen LogP contribution in [0.5, 0.6) is 0 Å². The van der Waals surface area contributed by atoms with Crippen LogP contribution in [-0.2, 0) is 12.8 Å². The molecule has 2 heterocycles. The molecule has 2 aromatic rings. The molecule has 144 valence electrons. The van der Waals surface area contributed by atoms with Crippen LogP contribution < -0.4 is 9.80 Å². The number of aryl methyl sites for hydroxylation is 2. The first-order chi connectivity index (χ1) is 13.2. The van der Waals surface area contributed by atoms with Gasteiger partial charge in [0.15, 0.2) is 0 Å². The molecular weight excluding hydrogens is 328 g/mol. The lowest BCUT2D eigenvalue weighted by Crippen LogP contribution is -2.51. The molecular formula is C25H34N2. The van der Waals surface area contributed by atoms with Gasteiger partial charge in [0.05, 0.1) is 11.4 Å². The first kappa shape index (κ1) is 18.4. The summed E-state index contributed by atoms with van der Waals surface area (Å²) in [6.45, 7) is 7.08. The van der Waals surface area contributed by atoms with E-state index in [1.165, 1.54) is 73.1 Å². The van der Waals surface area contributed by atoms with Gasteiger partial charge in [-0.25, -0.2) is 0 Å². The second kappa shape index (κ2) is 7.22. The fourth-order valence-electron chi connectivity index (χ4n) is 5.56. The van der Waals surface area contributed by atoms with Gasteiger partial charge in [-0.1, -0.05) is 57.5 Å². The number of nitrogens with zero attached hydrogens (tertiary/aromatic N) is 2. The molecule has 0 saturated heterocycles. The number of unbranched alkanes of at least 4 members (excludes halogenated alkanes) is 1. The van der Waals surface area contributed by atoms with E-state index in [0.29, 0.717) is 11.6 Å². The minimum absolute atomic E-state index is 0.314. The summed E-state index contributed by atoms with van der Waals surface area (Å²) in [5, 5.41) is 0. The molecule has 0 bridgehead atoms. The van der Waals surface area contributed by atoms with E-state index in [1.807, 2.05) is 0 Å². The minimum atomic E-state index is 0.314. The zero-order chi connectivity index (χ0) is 19.0. The highest BCUT2D eigenvalue weighted by Gasteiger charge is 2.49. The van der Waals surface area contributed by atoms with Gasteiger partial charge in [-0.2, -0.15) is 0 Å². The number of para-hydroxylation sites is 2. The number of hydrogen-bond acceptors (Lipinski definition) is 2. The number of hydrogen-bond donors (Lipinski definition) is 0. The van der Waals surface area contributed by atoms with E-state index in [1.54, 1.807) is 0 Å². The van der Waals surface area contributed by atoms with Crippen LogP contribution >= 0.6 is 0 Å². The molecule has 27 heavy (non-hydrogen) atoms. The van der Waals surface area contributed by atoms with Gasteiger partial charge < -0.3 is 9.80 Å². The summed E-state index contributed by atoms with van der Waals surface area (Å²) in [6, 6.07) is 16.1. The van der Waals surface area contributed by atoms with Crippen molar-refractivity contribution in [2.24, 2.45) is 5.41 Å². The molecule has 0 fully saturated rings. The highest BCUT2D eigenvalue weighted by Crippen LogP contribution is 2.55. The van der Waals surface area contributed by atoms with Crippen LogP contribution in [0.4, 0.5) is 17.1 Å². The lowest BCUT2D eigenvalue weighted by atomic mass is 9.75. The smallest absolute Gasteiger partial charge is 0.112 e. The van der Waals surface area contributed by atoms with Gasteiger partial charge in [0, 0.05) is 18.2 Å². The van der Waals surface area contributed by atoms with Crippen LogP contribution in [0, 0.1) is 5.41 Å². The summed E-state index contributed by atoms with van der Waals surface area (Å²) < 4.78 is 0. The normalized spacial score (nSPS) is 20.1. The summed E-state index contributed by atoms with van der Waals surface area (Å²) in [4.78, 5) is 5.30. The fraction of sp³-hybridized carbons (Fsp3) is 0.520. The van der Waals surface area contributed by atoms with Gasteiger partial charge in [0.2, 0.25) is 0 Å². The number of fused-ring (bicyclic) bond motifs is 5. The van der Waals surface area contributed by atoms with Crippen molar-refractivity contribution in [3.05, 3.63) is 53.6 Å². The predicted octanol–water partition coefficient (Wildman–Crippen LogP) is 6.70. The molecule has 4 rings (SSSR count). The highest BCUT2D eigenvalue weighted by molar-refractivity contribution is 5.87. The van der Waals surface area contributed by atoms with Crippen LogP contribution in [0.3, 0.4) is 0 Å². The Morgan fingerprint density at radius 2 is 1.70 bits per heavy atom. The Bertz CT molecular complexity index is 806. The largest absolute Gasteiger partial charge is 0.352 e. The van der Waals surface area contributed by atoms with E-state index in [-0.39, 0.29) is 0 Å². The third kappa shape index (κ3) is 2.76. The van der Waals surface area contributed by atoms with Crippen molar-refractivity contribution in [3.8, 4) is 0 Å². The van der Waals surface area contributed by atoms with E-state index in [0.717, 1.165) is 0 Å². The van der Waals surface area contributed by atoms with E-state index in [2.05, 4.69) is 80.1 Å². The quantitative estimate of drug-likeness (QED) is 0.584. The van der Waals surface area contributed by atoms with Crippen LogP contribution in [0.25, 0.3) is 0 Å². The van der Waals surface area contributed by atoms with Crippen molar-refractivity contribution in [2.75, 3.05) is 16.8 Å². The van der Waals surface area contributed by atoms with E-state index >= 15 is 0 Å². The Balaban J connectivity index is 1.93. The Labute approximate surface area is 165 Å². The van der Waals surface area contributed by atoms with Gasteiger partial charge in [-0.05, 0) is 61.8 Å². The monoisotopic (exact) mass is 362 g/mol. The summed E-state index contributed by atoms with van der Waals surface area (Å²) in [7, 11) is 2.34. The molecule has 2 aliphatic heterocycles. The van der Waals surface area contributed by atoms with Crippen molar-refractivity contribution in [2.45, 2.75) is 71.9 Å². The molecule has 2 heteroatoms. The lowest BCUT2D eigenvalue weighted by Gasteiger charge is -2.44. The van der Waals surface area contributed by atoms with Gasteiger partial charge in [0.1, 0.15) is 6.17 Å². The minimum Gasteiger partial charge on any atom is -0.352 e. The molecule has 0 N–H and O–H groups in total. The maximum atomic E-state index is 2.68. The summed E-state index contributed by atoms with van der Waals surface area (Å²) >= 11 is 0. The maximum Gasteiger partial charge on any atom is 0.112 e. The standard InChI is InChI=1S/C25H34N2/c1-5-8-12-20-14-11-16-22-23(20)26(4)24-25(6-2,7-3)18-17-19-13-9-10-15-21(19)27(22)24/h9-11,13-16,24H,5-8,12,17-18H2,1-4H3. The van der Waals surface area contributed by atoms with E-state index in [9.17, 15) is 0 Å². The molecule has 0 saturated carbocycles. The molecule has 1 atom stereocenters. The SMILES string of the molecule is CCCCc1cccc2c1N(C)C1N2c2ccccc2CCC1(CC)CC. The van der Waals surface area contributed by atoms with Crippen LogP contribution in [0.15, 0.2) is 42.5 Å². The number of anilines is 3. The third-order valence-electron chi connectivity index (χ3n) is 7.22. The first-order valence-corrected chi connectivity index (χ1v) is 10.9. The van der Waals surface area contributed by atoms with Crippen LogP contribution in [-0.4, -0.2) is 13.2 Å². The van der Waals surface area contributed by atoms with E-state index in [4.69, 9.17) is 0 Å². The second-order valence-electron chi connectivity index (χ2n) is 8.44. The van der Waals surface area contributed by atoms with Crippen LogP contribution in [0.1, 0.15) is 64.0 Å². The molecule has 1 unspecified atom stereocenters. The summed E-state index contributed by atoms with van der Waals surface area (Å²) in [5.74, 6) is 0. The van der Waals surface area contributed by atoms with Gasteiger partial charge >= 0.3 is 0 Å². The molecule has 0 radical (unpaired) electrons. The van der Waals surface area contributed by atoms with Gasteiger partial charge in [0.25, 0.3) is 0 Å². The molecule has 2 nitrogen and oxygen atoms in total. The Hall–Kier alpha value is -1.96. The third-order valence-corrected chi connectivity index (χ3v) is 7.22. The van der Waals surface area contributed by atoms with Crippen molar-refractivity contribution < 1.29 is 0 Å². The highest BCUT2D eigenvalue weighted by atomic mass is 15.4. The molecule has 0 aromatic heterocycles. The Morgan fingerprint density at radius 3 is 2.44 bits per heavy atom. The average Bonchev–Trinajstić information content (AvgIpc) is 2.92. The molecule has 0 amide bonds. The molecule has 0 spiro atoms. The second-order valence-corrected chi connectivity index (χ2v) is 8.44.